The van der Waals surface area contributed by atoms with E-state index >= 15 is 0 Å². The smallest absolute Gasteiger partial charge is 0.376 e. The van der Waals surface area contributed by atoms with Gasteiger partial charge in [-0.05, 0) is 38.3 Å². The lowest BCUT2D eigenvalue weighted by molar-refractivity contribution is 0.345. The van der Waals surface area contributed by atoms with E-state index in [-0.39, 0.29) is 7.05 Å². The van der Waals surface area contributed by atoms with E-state index in [0.29, 0.717) is 0 Å². The van der Waals surface area contributed by atoms with Gasteiger partial charge in [0.1, 0.15) is 0 Å². The molecule has 0 unspecified atom stereocenters. The molecule has 4 nitrogen and oxygen atoms in total. The molecule has 1 aromatic heterocycles. The Morgan fingerprint density at radius 2 is 1.86 bits per heavy atom. The van der Waals surface area contributed by atoms with E-state index in [0.717, 1.165) is 31.6 Å². The molecule has 0 radical (unpaired) electrons. The Morgan fingerprint density at radius 1 is 1.18 bits per heavy atom. The highest BCUT2D eigenvalue weighted by atomic mass is 16.2. The minimum Gasteiger partial charge on any atom is -0.437 e. The lowest BCUT2D eigenvalue weighted by Gasteiger charge is -2.30. The van der Waals surface area contributed by atoms with Crippen LogP contribution in [-0.2, 0) is 7.05 Å². The van der Waals surface area contributed by atoms with Gasteiger partial charge in [-0.1, -0.05) is 35.9 Å². The zero-order valence-electron chi connectivity index (χ0n) is 13.2. The van der Waals surface area contributed by atoms with Crippen LogP contribution in [0.3, 0.4) is 0 Å². The van der Waals surface area contributed by atoms with Crippen LogP contribution in [0.4, 0.5) is 0 Å². The summed E-state index contributed by atoms with van der Waals surface area (Å²) in [6.45, 7) is 3.64. The summed E-state index contributed by atoms with van der Waals surface area (Å²) in [4.78, 5) is 6.68. The Morgan fingerprint density at radius 3 is 2.41 bits per heavy atom. The van der Waals surface area contributed by atoms with E-state index in [4.69, 9.17) is 0 Å². The fraction of sp³-hybridized carbons (Fsp3) is 0.353. The quantitative estimate of drug-likeness (QED) is 0.884. The molecule has 1 aliphatic heterocycles. The largest absolute Gasteiger partial charge is 0.437 e. The predicted molar refractivity (Wildman–Crippen MR) is 90.3 cm³/mol. The molecular formula is C17H22BN3O. The maximum atomic E-state index is 9.73. The van der Waals surface area contributed by atoms with Gasteiger partial charge >= 0.3 is 7.05 Å². The molecule has 0 aliphatic carbocycles. The first-order valence-corrected chi connectivity index (χ1v) is 7.83. The van der Waals surface area contributed by atoms with Crippen molar-refractivity contribution >= 4 is 12.6 Å². The van der Waals surface area contributed by atoms with E-state index < -0.39 is 0 Å². The van der Waals surface area contributed by atoms with Crippen molar-refractivity contribution in [1.82, 2.24) is 14.4 Å². The second-order valence-corrected chi connectivity index (χ2v) is 5.94. The van der Waals surface area contributed by atoms with E-state index in [1.807, 2.05) is 30.8 Å². The Balaban J connectivity index is 1.98. The molecule has 5 heteroatoms. The third kappa shape index (κ3) is 3.15. The fourth-order valence-electron chi connectivity index (χ4n) is 3.10. The summed E-state index contributed by atoms with van der Waals surface area (Å²) < 4.78 is 1.99. The average Bonchev–Trinajstić information content (AvgIpc) is 2.95. The van der Waals surface area contributed by atoms with Crippen molar-refractivity contribution in [3.8, 4) is 0 Å². The van der Waals surface area contributed by atoms with E-state index in [9.17, 15) is 5.02 Å². The van der Waals surface area contributed by atoms with Crippen molar-refractivity contribution in [2.45, 2.75) is 19.7 Å². The van der Waals surface area contributed by atoms with E-state index in [2.05, 4.69) is 40.3 Å². The second-order valence-electron chi connectivity index (χ2n) is 5.94. The number of benzene rings is 1. The van der Waals surface area contributed by atoms with Gasteiger partial charge in [0.15, 0.2) is 0 Å². The molecule has 2 aromatic rings. The van der Waals surface area contributed by atoms with Crippen LogP contribution in [0, 0.1) is 0 Å². The number of hydrogen-bond acceptors (Lipinski definition) is 3. The topological polar surface area (TPSA) is 41.3 Å². The van der Waals surface area contributed by atoms with Crippen LogP contribution < -0.4 is 0 Å². The Kier molecular flexibility index (Phi) is 4.45. The van der Waals surface area contributed by atoms with Crippen LogP contribution in [0.2, 0.25) is 6.82 Å². The van der Waals surface area contributed by atoms with Gasteiger partial charge in [-0.25, -0.2) is 4.98 Å². The van der Waals surface area contributed by atoms with E-state index in [1.54, 1.807) is 0 Å². The van der Waals surface area contributed by atoms with Crippen molar-refractivity contribution in [1.29, 1.82) is 0 Å². The lowest BCUT2D eigenvalue weighted by atomic mass is 9.81. The summed E-state index contributed by atoms with van der Waals surface area (Å²) in [5.41, 5.74) is 4.95. The van der Waals surface area contributed by atoms with Crippen molar-refractivity contribution in [2.24, 2.45) is 7.05 Å². The van der Waals surface area contributed by atoms with Gasteiger partial charge in [-0.15, -0.1) is 0 Å². The van der Waals surface area contributed by atoms with Gasteiger partial charge in [0, 0.05) is 18.8 Å². The van der Waals surface area contributed by atoms with Crippen LogP contribution >= 0.6 is 0 Å². The Labute approximate surface area is 132 Å². The number of nitrogens with zero attached hydrogens (tertiary/aromatic N) is 3. The summed E-state index contributed by atoms with van der Waals surface area (Å²) in [6.07, 6.45) is 5.89. The van der Waals surface area contributed by atoms with Crippen LogP contribution in [0.25, 0.3) is 5.57 Å². The Bertz CT molecular complexity index is 654. The van der Waals surface area contributed by atoms with Gasteiger partial charge in [0.25, 0.3) is 0 Å². The maximum Gasteiger partial charge on any atom is 0.376 e. The first-order chi connectivity index (χ1) is 10.6. The summed E-state index contributed by atoms with van der Waals surface area (Å²) in [6, 6.07) is 10.5. The van der Waals surface area contributed by atoms with Gasteiger partial charge < -0.3 is 14.4 Å². The minimum absolute atomic E-state index is 0.364. The number of aryl methyl sites for hydroxylation is 1. The molecule has 0 amide bonds. The molecule has 1 fully saturated rings. The number of imidazole rings is 1. The fourth-order valence-corrected chi connectivity index (χ4v) is 3.10. The first-order valence-electron chi connectivity index (χ1n) is 7.83. The number of rotatable bonds is 3. The molecule has 1 aromatic carbocycles. The van der Waals surface area contributed by atoms with E-state index in [1.165, 1.54) is 16.7 Å². The second kappa shape index (κ2) is 6.50. The van der Waals surface area contributed by atoms with Crippen LogP contribution in [0.5, 0.6) is 0 Å². The molecule has 0 atom stereocenters. The minimum atomic E-state index is -0.364. The highest BCUT2D eigenvalue weighted by Gasteiger charge is 2.23. The molecule has 3 rings (SSSR count). The van der Waals surface area contributed by atoms with Crippen molar-refractivity contribution in [3.63, 3.8) is 0 Å². The molecule has 114 valence electrons. The standard InChI is InChI=1S/C17H22BN3O/c1-18(22)21-10-8-15(9-11-21)17(14-6-4-3-5-7-14)16-12-20(2)13-19-16/h3-7,12-13,22H,8-11H2,1-2H3. The Hall–Kier alpha value is -1.85. The summed E-state index contributed by atoms with van der Waals surface area (Å²) in [5, 5.41) is 9.73. The van der Waals surface area contributed by atoms with Crippen LogP contribution in [-0.4, -0.2) is 39.5 Å². The van der Waals surface area contributed by atoms with Crippen molar-refractivity contribution in [2.75, 3.05) is 13.1 Å². The summed E-state index contributed by atoms with van der Waals surface area (Å²) in [5.74, 6) is 0. The normalized spacial score (nSPS) is 15.9. The summed E-state index contributed by atoms with van der Waals surface area (Å²) >= 11 is 0. The van der Waals surface area contributed by atoms with Gasteiger partial charge in [-0.3, -0.25) is 0 Å². The molecular weight excluding hydrogens is 273 g/mol. The highest BCUT2D eigenvalue weighted by molar-refractivity contribution is 6.45. The molecule has 22 heavy (non-hydrogen) atoms. The lowest BCUT2D eigenvalue weighted by Crippen LogP contribution is -2.41. The predicted octanol–water partition coefficient (Wildman–Crippen LogP) is 2.43. The average molecular weight is 295 g/mol. The molecule has 1 aliphatic rings. The molecule has 1 N–H and O–H groups in total. The van der Waals surface area contributed by atoms with Crippen LogP contribution in [0.1, 0.15) is 24.1 Å². The molecule has 0 spiro atoms. The third-order valence-corrected chi connectivity index (χ3v) is 4.31. The van der Waals surface area contributed by atoms with Gasteiger partial charge in [0.05, 0.1) is 12.0 Å². The monoisotopic (exact) mass is 295 g/mol. The van der Waals surface area contributed by atoms with Crippen molar-refractivity contribution in [3.05, 3.63) is 59.7 Å². The molecule has 2 heterocycles. The van der Waals surface area contributed by atoms with Gasteiger partial charge in [-0.2, -0.15) is 0 Å². The first kappa shape index (κ1) is 15.1. The van der Waals surface area contributed by atoms with Gasteiger partial charge in [0.2, 0.25) is 0 Å². The molecule has 0 saturated carbocycles. The maximum absolute atomic E-state index is 9.73. The van der Waals surface area contributed by atoms with Crippen molar-refractivity contribution < 1.29 is 5.02 Å². The third-order valence-electron chi connectivity index (χ3n) is 4.31. The zero-order chi connectivity index (χ0) is 15.5. The number of piperidine rings is 1. The molecule has 1 saturated heterocycles. The highest BCUT2D eigenvalue weighted by Crippen LogP contribution is 2.31. The summed E-state index contributed by atoms with van der Waals surface area (Å²) in [7, 11) is 1.64. The SMILES string of the molecule is CB(O)N1CCC(=C(c2ccccc2)c2cn(C)cn2)CC1. The molecule has 0 bridgehead atoms. The zero-order valence-corrected chi connectivity index (χ0v) is 13.2. The number of aromatic nitrogens is 2. The number of hydrogen-bond donors (Lipinski definition) is 1. The van der Waals surface area contributed by atoms with Crippen LogP contribution in [0.15, 0.2) is 48.4 Å².